The summed E-state index contributed by atoms with van der Waals surface area (Å²) < 4.78 is 5.24. The molecule has 0 aliphatic rings. The van der Waals surface area contributed by atoms with Crippen LogP contribution in [0.2, 0.25) is 0 Å². The topological polar surface area (TPSA) is 108 Å². The Kier molecular flexibility index (Phi) is 11.7. The lowest BCUT2D eigenvalue weighted by Crippen LogP contribution is -2.43. The predicted molar refractivity (Wildman–Crippen MR) is 104 cm³/mol. The van der Waals surface area contributed by atoms with Gasteiger partial charge in [-0.15, -0.1) is 10.1 Å². The quantitative estimate of drug-likeness (QED) is 0.171. The first-order valence-corrected chi connectivity index (χ1v) is 9.41. The predicted octanol–water partition coefficient (Wildman–Crippen LogP) is 2.99. The Bertz CT molecular complexity index is 633. The minimum Gasteiger partial charge on any atom is -0.464 e. The highest BCUT2D eigenvalue weighted by molar-refractivity contribution is 5.84. The van der Waals surface area contributed by atoms with Gasteiger partial charge in [0.15, 0.2) is 0 Å². The summed E-state index contributed by atoms with van der Waals surface area (Å²) in [5.74, 6) is -0.706. The molecule has 1 aromatic rings. The van der Waals surface area contributed by atoms with Crippen molar-refractivity contribution in [3.05, 3.63) is 58.2 Å². The minimum absolute atomic E-state index is 0.0407. The smallest absolute Gasteiger partial charge is 0.328 e. The Morgan fingerprint density at radius 2 is 1.89 bits per heavy atom. The number of hydrogen-bond acceptors (Lipinski definition) is 6. The van der Waals surface area contributed by atoms with Crippen molar-refractivity contribution >= 4 is 11.9 Å². The highest BCUT2D eigenvalue weighted by Gasteiger charge is 2.22. The van der Waals surface area contributed by atoms with E-state index in [-0.39, 0.29) is 19.1 Å². The third kappa shape index (κ3) is 10.9. The molecule has 1 aromatic carbocycles. The molecule has 0 spiro atoms. The van der Waals surface area contributed by atoms with Gasteiger partial charge in [-0.1, -0.05) is 42.5 Å². The third-order valence-electron chi connectivity index (χ3n) is 3.89. The molecular formula is C20H28N2O6. The number of carbonyl (C=O) groups is 2. The average molecular weight is 392 g/mol. The lowest BCUT2D eigenvalue weighted by atomic mass is 10.1. The fraction of sp³-hybridized carbons (Fsp3) is 0.500. The van der Waals surface area contributed by atoms with Gasteiger partial charge in [-0.05, 0) is 38.2 Å². The molecule has 0 saturated carbocycles. The van der Waals surface area contributed by atoms with Crippen molar-refractivity contribution < 1.29 is 24.3 Å². The molecule has 1 N–H and O–H groups in total. The summed E-state index contributed by atoms with van der Waals surface area (Å²) in [5, 5.41) is 12.0. The molecule has 0 saturated heterocycles. The van der Waals surface area contributed by atoms with Crippen molar-refractivity contribution in [2.75, 3.05) is 13.2 Å². The molecule has 0 bridgehead atoms. The van der Waals surface area contributed by atoms with E-state index in [1.165, 1.54) is 0 Å². The van der Waals surface area contributed by atoms with Gasteiger partial charge in [0, 0.05) is 12.8 Å². The number of rotatable bonds is 14. The van der Waals surface area contributed by atoms with Crippen LogP contribution in [0.15, 0.2) is 42.5 Å². The Balaban J connectivity index is 2.50. The maximum absolute atomic E-state index is 12.4. The molecule has 0 heterocycles. The molecule has 1 amide bonds. The van der Waals surface area contributed by atoms with E-state index >= 15 is 0 Å². The largest absolute Gasteiger partial charge is 0.464 e. The first-order valence-electron chi connectivity index (χ1n) is 9.41. The number of benzene rings is 1. The molecule has 1 rings (SSSR count). The van der Waals surface area contributed by atoms with Crippen LogP contribution < -0.4 is 5.32 Å². The van der Waals surface area contributed by atoms with Gasteiger partial charge in [0.2, 0.25) is 5.91 Å². The second kappa shape index (κ2) is 14.2. The number of amides is 1. The molecular weight excluding hydrogens is 364 g/mol. The number of esters is 1. The van der Waals surface area contributed by atoms with Crippen molar-refractivity contribution in [1.29, 1.82) is 0 Å². The van der Waals surface area contributed by atoms with E-state index in [0.717, 1.165) is 12.0 Å². The minimum atomic E-state index is -0.853. The van der Waals surface area contributed by atoms with Crippen LogP contribution in [-0.2, 0) is 25.6 Å². The standard InChI is InChI=1S/C20H28N2O6/c1-2-3-4-8-13-19(23)21-18(16-17-11-6-5-7-12-17)20(24)27-14-9-10-15-28-22(25)26/h2-3,5-7,11-12,18H,4,8-10,13-16H2,1H3,(H,21,23)/b3-2-. The van der Waals surface area contributed by atoms with Gasteiger partial charge in [0.1, 0.15) is 6.04 Å². The van der Waals surface area contributed by atoms with Crippen molar-refractivity contribution in [1.82, 2.24) is 5.32 Å². The molecule has 28 heavy (non-hydrogen) atoms. The van der Waals surface area contributed by atoms with E-state index < -0.39 is 17.1 Å². The number of allylic oxidation sites excluding steroid dienone is 2. The maximum Gasteiger partial charge on any atom is 0.328 e. The molecule has 8 nitrogen and oxygen atoms in total. The van der Waals surface area contributed by atoms with Crippen LogP contribution in [0.5, 0.6) is 0 Å². The fourth-order valence-electron chi connectivity index (χ4n) is 2.47. The lowest BCUT2D eigenvalue weighted by molar-refractivity contribution is -0.757. The SMILES string of the molecule is C/C=C\CCCC(=O)NC(Cc1ccccc1)C(=O)OCCCCO[N+](=O)[O-]. The van der Waals surface area contributed by atoms with E-state index in [4.69, 9.17) is 4.74 Å². The van der Waals surface area contributed by atoms with E-state index in [1.54, 1.807) is 0 Å². The molecule has 8 heteroatoms. The number of unbranched alkanes of at least 4 members (excludes halogenated alkanes) is 2. The molecule has 0 aromatic heterocycles. The van der Waals surface area contributed by atoms with E-state index in [1.807, 2.05) is 49.4 Å². The van der Waals surface area contributed by atoms with Gasteiger partial charge in [-0.3, -0.25) is 4.79 Å². The van der Waals surface area contributed by atoms with Gasteiger partial charge in [0.25, 0.3) is 5.09 Å². The second-order valence-corrected chi connectivity index (χ2v) is 6.20. The van der Waals surface area contributed by atoms with Crippen LogP contribution in [0.4, 0.5) is 0 Å². The number of ether oxygens (including phenoxy) is 1. The fourth-order valence-corrected chi connectivity index (χ4v) is 2.47. The van der Waals surface area contributed by atoms with Crippen LogP contribution in [-0.4, -0.2) is 36.2 Å². The summed E-state index contributed by atoms with van der Waals surface area (Å²) in [4.78, 5) is 38.9. The van der Waals surface area contributed by atoms with Crippen LogP contribution in [0.1, 0.15) is 44.6 Å². The van der Waals surface area contributed by atoms with Gasteiger partial charge in [-0.25, -0.2) is 4.79 Å². The van der Waals surface area contributed by atoms with Gasteiger partial charge in [-0.2, -0.15) is 0 Å². The summed E-state index contributed by atoms with van der Waals surface area (Å²) in [6.45, 7) is 2.00. The van der Waals surface area contributed by atoms with Crippen molar-refractivity contribution in [2.45, 2.75) is 51.5 Å². The molecule has 0 radical (unpaired) electrons. The Morgan fingerprint density at radius 1 is 1.18 bits per heavy atom. The average Bonchev–Trinajstić information content (AvgIpc) is 2.68. The van der Waals surface area contributed by atoms with Gasteiger partial charge >= 0.3 is 5.97 Å². The molecule has 0 aliphatic heterocycles. The van der Waals surface area contributed by atoms with Crippen LogP contribution in [0.25, 0.3) is 0 Å². The van der Waals surface area contributed by atoms with Gasteiger partial charge in [0.05, 0.1) is 13.2 Å². The highest BCUT2D eigenvalue weighted by atomic mass is 16.9. The summed E-state index contributed by atoms with van der Waals surface area (Å²) in [6.07, 6.45) is 6.95. The summed E-state index contributed by atoms with van der Waals surface area (Å²) in [7, 11) is 0. The zero-order valence-electron chi connectivity index (χ0n) is 16.2. The zero-order chi connectivity index (χ0) is 20.6. The van der Waals surface area contributed by atoms with Crippen molar-refractivity contribution in [3.63, 3.8) is 0 Å². The van der Waals surface area contributed by atoms with Crippen LogP contribution in [0, 0.1) is 10.1 Å². The zero-order valence-corrected chi connectivity index (χ0v) is 16.2. The number of nitrogens with one attached hydrogen (secondary N) is 1. The highest BCUT2D eigenvalue weighted by Crippen LogP contribution is 2.07. The Hall–Kier alpha value is -2.90. The van der Waals surface area contributed by atoms with E-state index in [9.17, 15) is 19.7 Å². The number of hydrogen-bond donors (Lipinski definition) is 1. The van der Waals surface area contributed by atoms with E-state index in [2.05, 4.69) is 10.2 Å². The summed E-state index contributed by atoms with van der Waals surface area (Å²) >= 11 is 0. The first-order chi connectivity index (χ1) is 13.5. The summed E-state index contributed by atoms with van der Waals surface area (Å²) in [6, 6.07) is 8.61. The Morgan fingerprint density at radius 3 is 2.57 bits per heavy atom. The first kappa shape index (κ1) is 23.1. The van der Waals surface area contributed by atoms with Crippen LogP contribution in [0.3, 0.4) is 0 Å². The molecule has 0 fully saturated rings. The molecule has 1 unspecified atom stereocenters. The van der Waals surface area contributed by atoms with Gasteiger partial charge < -0.3 is 14.9 Å². The molecule has 0 aliphatic carbocycles. The molecule has 1 atom stereocenters. The third-order valence-corrected chi connectivity index (χ3v) is 3.89. The lowest BCUT2D eigenvalue weighted by Gasteiger charge is -2.18. The maximum atomic E-state index is 12.4. The number of nitrogens with zero attached hydrogens (tertiary/aromatic N) is 1. The van der Waals surface area contributed by atoms with Crippen molar-refractivity contribution in [3.8, 4) is 0 Å². The van der Waals surface area contributed by atoms with Crippen molar-refractivity contribution in [2.24, 2.45) is 0 Å². The second-order valence-electron chi connectivity index (χ2n) is 6.20. The normalized spacial score (nSPS) is 11.8. The molecule has 154 valence electrons. The summed E-state index contributed by atoms with van der Waals surface area (Å²) in [5.41, 5.74) is 0.915. The number of carbonyl (C=O) groups excluding carboxylic acids is 2. The Labute approximate surface area is 165 Å². The van der Waals surface area contributed by atoms with Crippen LogP contribution >= 0.6 is 0 Å². The monoisotopic (exact) mass is 392 g/mol. The van der Waals surface area contributed by atoms with E-state index in [0.29, 0.717) is 32.1 Å².